The molecule has 0 aromatic heterocycles. The van der Waals surface area contributed by atoms with Gasteiger partial charge in [0.1, 0.15) is 24.4 Å². The van der Waals surface area contributed by atoms with Crippen LogP contribution in [0.2, 0.25) is 0 Å². The minimum atomic E-state index is -0.788. The summed E-state index contributed by atoms with van der Waals surface area (Å²) in [4.78, 5) is 0. The lowest BCUT2D eigenvalue weighted by molar-refractivity contribution is -0.175. The van der Waals surface area contributed by atoms with E-state index in [4.69, 9.17) is 18.9 Å². The monoisotopic (exact) mass is 258 g/mol. The van der Waals surface area contributed by atoms with Crippen molar-refractivity contribution in [2.45, 2.75) is 63.7 Å². The largest absolute Gasteiger partial charge is 0.386 e. The molecule has 0 bridgehead atoms. The van der Waals surface area contributed by atoms with Gasteiger partial charge in [-0.1, -0.05) is 6.08 Å². The molecule has 2 rings (SSSR count). The fraction of sp³-hybridized carbons (Fsp3) is 0.846. The van der Waals surface area contributed by atoms with Crippen molar-refractivity contribution >= 4 is 0 Å². The van der Waals surface area contributed by atoms with Gasteiger partial charge < -0.3 is 24.1 Å². The molecule has 1 N–H and O–H groups in total. The molecule has 4 atom stereocenters. The molecule has 0 amide bonds. The summed E-state index contributed by atoms with van der Waals surface area (Å²) in [5.74, 6) is -1.36. The van der Waals surface area contributed by atoms with E-state index in [9.17, 15) is 5.11 Å². The van der Waals surface area contributed by atoms with Crippen LogP contribution in [-0.4, -0.2) is 47.7 Å². The van der Waals surface area contributed by atoms with Gasteiger partial charge in [-0.2, -0.15) is 0 Å². The van der Waals surface area contributed by atoms with Gasteiger partial charge in [-0.15, -0.1) is 6.58 Å². The maximum absolute atomic E-state index is 9.93. The van der Waals surface area contributed by atoms with Crippen LogP contribution in [0.25, 0.3) is 0 Å². The molecule has 0 spiro atoms. The normalized spacial score (nSPS) is 39.7. The van der Waals surface area contributed by atoms with E-state index < -0.39 is 23.8 Å². The van der Waals surface area contributed by atoms with E-state index >= 15 is 0 Å². The average Bonchev–Trinajstić information content (AvgIpc) is 2.77. The van der Waals surface area contributed by atoms with Crippen molar-refractivity contribution in [1.29, 1.82) is 0 Å². The second-order valence-electron chi connectivity index (χ2n) is 5.66. The van der Waals surface area contributed by atoms with Gasteiger partial charge >= 0.3 is 0 Å². The third-order valence-corrected chi connectivity index (χ3v) is 3.14. The van der Waals surface area contributed by atoms with Gasteiger partial charge in [-0.05, 0) is 27.7 Å². The minimum absolute atomic E-state index is 0.249. The van der Waals surface area contributed by atoms with Gasteiger partial charge in [0.2, 0.25) is 0 Å². The van der Waals surface area contributed by atoms with Gasteiger partial charge in [-0.25, -0.2) is 0 Å². The highest BCUT2D eigenvalue weighted by Crippen LogP contribution is 2.36. The van der Waals surface area contributed by atoms with E-state index in [0.717, 1.165) is 0 Å². The summed E-state index contributed by atoms with van der Waals surface area (Å²) in [6.07, 6.45) is -0.441. The predicted octanol–water partition coefficient (Wildman–Crippen LogP) is 1.20. The standard InChI is InChI=1S/C13H22O5/c1-6-8(14)10-11(18-13(4,5)17-10)9-7-15-12(2,3)16-9/h6,8-11,14H,1,7H2,2-5H3/t8-,9+,10+,11+/m0/s1. The van der Waals surface area contributed by atoms with Crippen molar-refractivity contribution in [1.82, 2.24) is 0 Å². The Labute approximate surface area is 108 Å². The number of hydrogen-bond acceptors (Lipinski definition) is 5. The van der Waals surface area contributed by atoms with Crippen LogP contribution in [0.15, 0.2) is 12.7 Å². The van der Waals surface area contributed by atoms with Crippen LogP contribution in [0.4, 0.5) is 0 Å². The zero-order valence-electron chi connectivity index (χ0n) is 11.4. The Morgan fingerprint density at radius 3 is 2.33 bits per heavy atom. The van der Waals surface area contributed by atoms with E-state index in [1.807, 2.05) is 27.7 Å². The van der Waals surface area contributed by atoms with Crippen LogP contribution in [0, 0.1) is 0 Å². The second-order valence-corrected chi connectivity index (χ2v) is 5.66. The Morgan fingerprint density at radius 2 is 1.83 bits per heavy atom. The van der Waals surface area contributed by atoms with Crippen LogP contribution in [0.1, 0.15) is 27.7 Å². The molecule has 18 heavy (non-hydrogen) atoms. The van der Waals surface area contributed by atoms with Gasteiger partial charge in [0.15, 0.2) is 11.6 Å². The van der Waals surface area contributed by atoms with Crippen LogP contribution < -0.4 is 0 Å². The number of hydrogen-bond donors (Lipinski definition) is 1. The molecular formula is C13H22O5. The highest BCUT2D eigenvalue weighted by molar-refractivity contribution is 4.98. The average molecular weight is 258 g/mol. The van der Waals surface area contributed by atoms with Crippen molar-refractivity contribution in [3.8, 4) is 0 Å². The summed E-state index contributed by atoms with van der Waals surface area (Å²) < 4.78 is 22.9. The van der Waals surface area contributed by atoms with Crippen molar-refractivity contribution < 1.29 is 24.1 Å². The highest BCUT2D eigenvalue weighted by Gasteiger charge is 2.51. The fourth-order valence-corrected chi connectivity index (χ4v) is 2.38. The van der Waals surface area contributed by atoms with Crippen LogP contribution in [-0.2, 0) is 18.9 Å². The Morgan fingerprint density at radius 1 is 1.17 bits per heavy atom. The summed E-state index contributed by atoms with van der Waals surface area (Å²) in [6, 6.07) is 0. The zero-order chi connectivity index (χ0) is 13.6. The van der Waals surface area contributed by atoms with Crippen molar-refractivity contribution in [2.75, 3.05) is 6.61 Å². The third kappa shape index (κ3) is 2.75. The molecule has 0 saturated carbocycles. The number of aliphatic hydroxyl groups excluding tert-OH is 1. The van der Waals surface area contributed by atoms with Crippen molar-refractivity contribution in [2.24, 2.45) is 0 Å². The van der Waals surface area contributed by atoms with Gasteiger partial charge in [0, 0.05) is 0 Å². The van der Waals surface area contributed by atoms with Crippen molar-refractivity contribution in [3.63, 3.8) is 0 Å². The maximum Gasteiger partial charge on any atom is 0.164 e. The molecule has 2 saturated heterocycles. The molecule has 2 fully saturated rings. The topological polar surface area (TPSA) is 57.2 Å². The Bertz CT molecular complexity index is 325. The molecule has 5 nitrogen and oxygen atoms in total. The van der Waals surface area contributed by atoms with E-state index in [-0.39, 0.29) is 12.2 Å². The van der Waals surface area contributed by atoms with Crippen LogP contribution >= 0.6 is 0 Å². The zero-order valence-corrected chi connectivity index (χ0v) is 11.4. The third-order valence-electron chi connectivity index (χ3n) is 3.14. The maximum atomic E-state index is 9.93. The van der Waals surface area contributed by atoms with Crippen LogP contribution in [0.3, 0.4) is 0 Å². The van der Waals surface area contributed by atoms with E-state index in [2.05, 4.69) is 6.58 Å². The molecule has 0 radical (unpaired) electrons. The first-order valence-corrected chi connectivity index (χ1v) is 6.22. The summed E-state index contributed by atoms with van der Waals surface area (Å²) in [7, 11) is 0. The van der Waals surface area contributed by atoms with Crippen molar-refractivity contribution in [3.05, 3.63) is 12.7 Å². The first-order valence-electron chi connectivity index (χ1n) is 6.22. The molecule has 2 aliphatic rings. The lowest BCUT2D eigenvalue weighted by atomic mass is 10.0. The van der Waals surface area contributed by atoms with Gasteiger partial charge in [0.05, 0.1) is 6.61 Å². The summed E-state index contributed by atoms with van der Waals surface area (Å²) >= 11 is 0. The number of rotatable bonds is 3. The van der Waals surface area contributed by atoms with Crippen LogP contribution in [0.5, 0.6) is 0 Å². The lowest BCUT2D eigenvalue weighted by Gasteiger charge is -2.25. The first-order chi connectivity index (χ1) is 8.24. The van der Waals surface area contributed by atoms with E-state index in [1.165, 1.54) is 6.08 Å². The van der Waals surface area contributed by atoms with E-state index in [1.54, 1.807) is 0 Å². The SMILES string of the molecule is C=C[C@H](O)[C@H]1OC(C)(C)O[C@@H]1[C@H]1COC(C)(C)O1. The molecule has 2 heterocycles. The molecule has 2 aliphatic heterocycles. The Balaban J connectivity index is 2.12. The second kappa shape index (κ2) is 4.58. The summed E-state index contributed by atoms with van der Waals surface area (Å²) in [5.41, 5.74) is 0. The highest BCUT2D eigenvalue weighted by atomic mass is 16.8. The van der Waals surface area contributed by atoms with E-state index in [0.29, 0.717) is 6.61 Å². The van der Waals surface area contributed by atoms with Gasteiger partial charge in [0.25, 0.3) is 0 Å². The summed E-state index contributed by atoms with van der Waals surface area (Å²) in [5, 5.41) is 9.93. The molecule has 5 heteroatoms. The first kappa shape index (κ1) is 14.0. The smallest absolute Gasteiger partial charge is 0.164 e. The molecule has 0 unspecified atom stereocenters. The molecule has 0 aliphatic carbocycles. The predicted molar refractivity (Wildman–Crippen MR) is 64.9 cm³/mol. The number of ether oxygens (including phenoxy) is 4. The quantitative estimate of drug-likeness (QED) is 0.771. The molecule has 104 valence electrons. The van der Waals surface area contributed by atoms with Gasteiger partial charge in [-0.3, -0.25) is 0 Å². The Hall–Kier alpha value is -0.460. The molecular weight excluding hydrogens is 236 g/mol. The fourth-order valence-electron chi connectivity index (χ4n) is 2.38. The number of aliphatic hydroxyl groups is 1. The molecule has 0 aromatic rings. The molecule has 0 aromatic carbocycles. The Kier molecular flexibility index (Phi) is 3.55. The summed E-state index contributed by atoms with van der Waals surface area (Å²) in [6.45, 7) is 11.4. The lowest BCUT2D eigenvalue weighted by Crippen LogP contribution is -2.43. The minimum Gasteiger partial charge on any atom is -0.386 e.